The minimum absolute atomic E-state index is 0.0196. The van der Waals surface area contributed by atoms with E-state index in [2.05, 4.69) is 16.0 Å². The van der Waals surface area contributed by atoms with Crippen LogP contribution in [0.2, 0.25) is 0 Å². The normalized spacial score (nSPS) is 40.6. The first-order chi connectivity index (χ1) is 23.3. The number of carbonyl (C=O) groups is 4. The van der Waals surface area contributed by atoms with E-state index in [1.807, 2.05) is 46.7 Å². The predicted molar refractivity (Wildman–Crippen MR) is 185 cm³/mol. The maximum absolute atomic E-state index is 14.2. The van der Waals surface area contributed by atoms with E-state index < -0.39 is 77.6 Å². The van der Waals surface area contributed by atoms with E-state index in [1.165, 1.54) is 6.92 Å². The minimum atomic E-state index is -1.19. The number of nitrogens with one attached hydrogen (secondary N) is 3. The molecule has 3 aliphatic heterocycles. The molecule has 1 unspecified atom stereocenters. The molecule has 3 aliphatic rings. The molecule has 15 heteroatoms. The predicted octanol–water partition coefficient (Wildman–Crippen LogP) is 0.909. The van der Waals surface area contributed by atoms with Gasteiger partial charge in [-0.15, -0.1) is 0 Å². The number of hydrogen-bond acceptors (Lipinski definition) is 13. The Morgan fingerprint density at radius 2 is 1.78 bits per heavy atom. The average molecular weight is 714 g/mol. The van der Waals surface area contributed by atoms with Crippen LogP contribution in [-0.4, -0.2) is 154 Å². The van der Waals surface area contributed by atoms with Gasteiger partial charge in [-0.25, -0.2) is 4.79 Å². The van der Waals surface area contributed by atoms with Crippen molar-refractivity contribution >= 4 is 23.8 Å². The van der Waals surface area contributed by atoms with Crippen LogP contribution in [0.1, 0.15) is 67.7 Å². The fourth-order valence-electron chi connectivity index (χ4n) is 7.83. The Labute approximate surface area is 297 Å². The molecule has 3 fully saturated rings. The second-order valence-electron chi connectivity index (χ2n) is 15.2. The van der Waals surface area contributed by atoms with Crippen molar-refractivity contribution in [1.29, 1.82) is 0 Å². The Kier molecular flexibility index (Phi) is 14.6. The van der Waals surface area contributed by atoms with Crippen LogP contribution in [0.4, 0.5) is 4.79 Å². The second kappa shape index (κ2) is 17.4. The quantitative estimate of drug-likeness (QED) is 0.196. The smallest absolute Gasteiger partial charge is 0.408 e. The van der Waals surface area contributed by atoms with E-state index in [-0.39, 0.29) is 37.0 Å². The van der Waals surface area contributed by atoms with Crippen LogP contribution in [0.15, 0.2) is 0 Å². The number of cyclic esters (lactones) is 1. The molecule has 3 rings (SSSR count). The highest BCUT2D eigenvalue weighted by molar-refractivity contribution is 6.00. The standard InChI is InChI=1S/C35H63N5O10/c1-13-25-35(7)29(38-33(45)50-35)22(5)37-16-19(2)15-34(6,46-12)30(20(3)27(42)21(4)31(44)48-25)49-32-28(43)24(39(9)10)14-23(47-32)18-40(11)26(41)17-36-8/h19-25,28-30,32,36-37,43H,13-18H2,1-12H3,(H,38,45)/t19-,20+,21?,22-,23+,24+,25-,28-,29-,30-,32+,34-,35-/m1/s1. The number of ether oxygens (including phenoxy) is 5. The molecule has 0 saturated carbocycles. The Bertz CT molecular complexity index is 1190. The zero-order chi connectivity index (χ0) is 37.7. The summed E-state index contributed by atoms with van der Waals surface area (Å²) in [7, 11) is 8.67. The molecule has 3 saturated heterocycles. The summed E-state index contributed by atoms with van der Waals surface area (Å²) in [6.07, 6.45) is -3.91. The van der Waals surface area contributed by atoms with Gasteiger partial charge >= 0.3 is 12.1 Å². The van der Waals surface area contributed by atoms with Crippen molar-refractivity contribution in [3.63, 3.8) is 0 Å². The molecular weight excluding hydrogens is 650 g/mol. The van der Waals surface area contributed by atoms with Crippen LogP contribution >= 0.6 is 0 Å². The number of esters is 1. The van der Waals surface area contributed by atoms with Crippen molar-refractivity contribution in [3.05, 3.63) is 0 Å². The lowest BCUT2D eigenvalue weighted by molar-refractivity contribution is -0.298. The minimum Gasteiger partial charge on any atom is -0.458 e. The first kappa shape index (κ1) is 42.0. The summed E-state index contributed by atoms with van der Waals surface area (Å²) in [4.78, 5) is 56.5. The van der Waals surface area contributed by atoms with Crippen molar-refractivity contribution in [3.8, 4) is 0 Å². The number of carbonyl (C=O) groups excluding carboxylic acids is 4. The number of methoxy groups -OCH3 is 1. The summed E-state index contributed by atoms with van der Waals surface area (Å²) in [5, 5.41) is 20.9. The van der Waals surface area contributed by atoms with Crippen LogP contribution in [-0.2, 0) is 38.1 Å². The van der Waals surface area contributed by atoms with Gasteiger partial charge < -0.3 is 54.5 Å². The Morgan fingerprint density at radius 1 is 1.12 bits per heavy atom. The molecule has 288 valence electrons. The molecule has 15 nitrogen and oxygen atoms in total. The van der Waals surface area contributed by atoms with Gasteiger partial charge in [0.15, 0.2) is 17.7 Å². The van der Waals surface area contributed by atoms with Gasteiger partial charge in [-0.3, -0.25) is 14.4 Å². The highest BCUT2D eigenvalue weighted by Crippen LogP contribution is 2.37. The molecule has 3 heterocycles. The van der Waals surface area contributed by atoms with Crippen molar-refractivity contribution in [2.24, 2.45) is 17.8 Å². The summed E-state index contributed by atoms with van der Waals surface area (Å²) >= 11 is 0. The van der Waals surface area contributed by atoms with Gasteiger partial charge in [-0.05, 0) is 80.6 Å². The third-order valence-electron chi connectivity index (χ3n) is 10.9. The van der Waals surface area contributed by atoms with Crippen molar-refractivity contribution < 1.29 is 48.0 Å². The van der Waals surface area contributed by atoms with E-state index in [1.54, 1.807) is 40.0 Å². The monoisotopic (exact) mass is 713 g/mol. The van der Waals surface area contributed by atoms with E-state index >= 15 is 0 Å². The van der Waals surface area contributed by atoms with Gasteiger partial charge in [0, 0.05) is 38.7 Å². The second-order valence-corrected chi connectivity index (χ2v) is 15.2. The third-order valence-corrected chi connectivity index (χ3v) is 10.9. The number of aliphatic hydroxyl groups excluding tert-OH is 1. The molecule has 50 heavy (non-hydrogen) atoms. The number of amides is 2. The average Bonchev–Trinajstić information content (AvgIpc) is 3.38. The lowest BCUT2D eigenvalue weighted by Gasteiger charge is -2.47. The van der Waals surface area contributed by atoms with Crippen LogP contribution in [0.3, 0.4) is 0 Å². The first-order valence-electron chi connectivity index (χ1n) is 17.9. The molecule has 0 radical (unpaired) electrons. The number of aliphatic hydroxyl groups is 1. The lowest BCUT2D eigenvalue weighted by Crippen LogP contribution is -2.60. The van der Waals surface area contributed by atoms with Gasteiger partial charge in [0.25, 0.3) is 0 Å². The molecule has 0 aromatic rings. The van der Waals surface area contributed by atoms with E-state index in [4.69, 9.17) is 23.7 Å². The van der Waals surface area contributed by atoms with Gasteiger partial charge in [0.2, 0.25) is 5.91 Å². The number of alkyl carbamates (subject to hydrolysis) is 1. The zero-order valence-electron chi connectivity index (χ0n) is 32.1. The van der Waals surface area contributed by atoms with Gasteiger partial charge in [-0.2, -0.15) is 0 Å². The van der Waals surface area contributed by atoms with Gasteiger partial charge in [0.05, 0.1) is 30.4 Å². The maximum Gasteiger partial charge on any atom is 0.408 e. The van der Waals surface area contributed by atoms with Crippen LogP contribution in [0, 0.1) is 17.8 Å². The van der Waals surface area contributed by atoms with E-state index in [0.29, 0.717) is 25.8 Å². The molecular formula is C35H63N5O10. The Hall–Kier alpha value is -2.40. The Morgan fingerprint density at radius 3 is 2.36 bits per heavy atom. The molecule has 13 atom stereocenters. The fourth-order valence-corrected chi connectivity index (χ4v) is 7.83. The van der Waals surface area contributed by atoms with E-state index in [9.17, 15) is 24.3 Å². The number of nitrogens with zero attached hydrogens (tertiary/aromatic N) is 2. The summed E-state index contributed by atoms with van der Waals surface area (Å²) in [5.74, 6) is -3.40. The molecule has 0 aromatic carbocycles. The summed E-state index contributed by atoms with van der Waals surface area (Å²) in [5.41, 5.74) is -2.27. The largest absolute Gasteiger partial charge is 0.458 e. The number of fused-ring (bicyclic) bond motifs is 1. The van der Waals surface area contributed by atoms with Gasteiger partial charge in [-0.1, -0.05) is 20.8 Å². The van der Waals surface area contributed by atoms with Crippen molar-refractivity contribution in [1.82, 2.24) is 25.8 Å². The molecule has 2 amide bonds. The van der Waals surface area contributed by atoms with E-state index in [0.717, 1.165) is 0 Å². The molecule has 0 bridgehead atoms. The molecule has 0 aliphatic carbocycles. The number of Topliss-reactive ketones (excluding diaryl/α,β-unsaturated/α-hetero) is 1. The summed E-state index contributed by atoms with van der Waals surface area (Å²) < 4.78 is 31.0. The number of rotatable bonds is 9. The number of likely N-dealkylation sites (N-methyl/N-ethyl adjacent to an activating group) is 3. The molecule has 4 N–H and O–H groups in total. The highest BCUT2D eigenvalue weighted by Gasteiger charge is 2.55. The van der Waals surface area contributed by atoms with Crippen LogP contribution in [0.5, 0.6) is 0 Å². The Balaban J connectivity index is 2.01. The van der Waals surface area contributed by atoms with Crippen LogP contribution in [0.25, 0.3) is 0 Å². The first-order valence-corrected chi connectivity index (χ1v) is 17.9. The SMILES string of the molecule is CC[C@H]1OC(=O)C(C)C(=O)[C@H](C)[C@@H](O[C@@H]2O[C@H](CN(C)C(=O)CNC)C[C@H](N(C)C)[C@H]2O)[C@](C)(OC)C[C@@H](C)CN[C@H](C)[C@H]2NC(=O)O[C@@]21C. The van der Waals surface area contributed by atoms with Crippen molar-refractivity contribution in [2.75, 3.05) is 54.9 Å². The third kappa shape index (κ3) is 9.33. The number of hydrogen-bond donors (Lipinski definition) is 4. The highest BCUT2D eigenvalue weighted by atomic mass is 16.7. The summed E-state index contributed by atoms with van der Waals surface area (Å²) in [6.45, 7) is 13.6. The fraction of sp³-hybridized carbons (Fsp3) is 0.886. The van der Waals surface area contributed by atoms with Gasteiger partial charge in [0.1, 0.15) is 18.1 Å². The maximum atomic E-state index is 14.2. The molecule has 0 spiro atoms. The van der Waals surface area contributed by atoms with Crippen LogP contribution < -0.4 is 16.0 Å². The number of ketones is 1. The lowest BCUT2D eigenvalue weighted by atomic mass is 9.78. The van der Waals surface area contributed by atoms with Crippen molar-refractivity contribution in [2.45, 2.75) is 128 Å². The topological polar surface area (TPSA) is 177 Å². The zero-order valence-corrected chi connectivity index (χ0v) is 32.1. The summed E-state index contributed by atoms with van der Waals surface area (Å²) in [6, 6.07) is -1.16. The molecule has 0 aromatic heterocycles.